The summed E-state index contributed by atoms with van der Waals surface area (Å²) in [4.78, 5) is 16.1. The number of benzene rings is 1. The maximum atomic E-state index is 11.9. The van der Waals surface area contributed by atoms with E-state index in [1.165, 1.54) is 11.3 Å². The van der Waals surface area contributed by atoms with Crippen LogP contribution in [-0.4, -0.2) is 23.1 Å². The molecule has 0 unspecified atom stereocenters. The van der Waals surface area contributed by atoms with Crippen LogP contribution in [0.25, 0.3) is 10.2 Å². The van der Waals surface area contributed by atoms with Crippen LogP contribution in [0.1, 0.15) is 20.8 Å². The highest BCUT2D eigenvalue weighted by atomic mass is 35.5. The first-order chi connectivity index (χ1) is 8.87. The zero-order chi connectivity index (χ0) is 14.0. The lowest BCUT2D eigenvalue weighted by atomic mass is 10.2. The molecule has 6 heteroatoms. The van der Waals surface area contributed by atoms with Crippen molar-refractivity contribution in [2.75, 3.05) is 11.9 Å². The molecule has 19 heavy (non-hydrogen) atoms. The van der Waals surface area contributed by atoms with Gasteiger partial charge in [-0.1, -0.05) is 11.6 Å². The topological polar surface area (TPSA) is 51.2 Å². The molecule has 1 N–H and O–H groups in total. The lowest BCUT2D eigenvalue weighted by Crippen LogP contribution is -2.27. The van der Waals surface area contributed by atoms with E-state index in [0.717, 1.165) is 4.70 Å². The third kappa shape index (κ3) is 3.65. The van der Waals surface area contributed by atoms with Crippen molar-refractivity contribution in [3.05, 3.63) is 22.7 Å². The number of hydrogen-bond donors (Lipinski definition) is 1. The van der Waals surface area contributed by atoms with Crippen molar-refractivity contribution in [2.24, 2.45) is 0 Å². The zero-order valence-corrected chi connectivity index (χ0v) is 12.6. The van der Waals surface area contributed by atoms with E-state index in [2.05, 4.69) is 10.3 Å². The van der Waals surface area contributed by atoms with Gasteiger partial charge in [-0.15, -0.1) is 11.3 Å². The van der Waals surface area contributed by atoms with E-state index in [9.17, 15) is 4.79 Å². The highest BCUT2D eigenvalue weighted by Gasteiger charge is 2.15. The van der Waals surface area contributed by atoms with Gasteiger partial charge < -0.3 is 10.1 Å². The predicted molar refractivity (Wildman–Crippen MR) is 79.0 cm³/mol. The predicted octanol–water partition coefficient (Wildman–Crippen LogP) is 3.70. The lowest BCUT2D eigenvalue weighted by Gasteiger charge is -2.19. The quantitative estimate of drug-likeness (QED) is 0.940. The van der Waals surface area contributed by atoms with Crippen molar-refractivity contribution in [1.29, 1.82) is 0 Å². The molecule has 0 spiro atoms. The van der Waals surface area contributed by atoms with Gasteiger partial charge in [0.2, 0.25) is 5.91 Å². The molecule has 0 bridgehead atoms. The minimum atomic E-state index is -0.353. The molecule has 0 atom stereocenters. The largest absolute Gasteiger partial charge is 0.366 e. The van der Waals surface area contributed by atoms with Gasteiger partial charge in [-0.05, 0) is 32.9 Å². The third-order valence-corrected chi connectivity index (χ3v) is 3.46. The van der Waals surface area contributed by atoms with E-state index in [1.807, 2.05) is 26.8 Å². The number of aromatic nitrogens is 1. The maximum absolute atomic E-state index is 11.9. The molecule has 2 aromatic rings. The number of carbonyl (C=O) groups is 1. The average molecular weight is 299 g/mol. The summed E-state index contributed by atoms with van der Waals surface area (Å²) in [7, 11) is 0. The minimum absolute atomic E-state index is 0.0135. The van der Waals surface area contributed by atoms with Gasteiger partial charge in [-0.3, -0.25) is 4.79 Å². The molecule has 0 aliphatic heterocycles. The molecule has 1 aromatic heterocycles. The van der Waals surface area contributed by atoms with Crippen molar-refractivity contribution >= 4 is 44.7 Å². The van der Waals surface area contributed by atoms with Crippen LogP contribution < -0.4 is 5.32 Å². The van der Waals surface area contributed by atoms with E-state index < -0.39 is 0 Å². The number of amides is 1. The van der Waals surface area contributed by atoms with E-state index in [1.54, 1.807) is 11.6 Å². The number of nitrogens with one attached hydrogen (secondary N) is 1. The Hall–Kier alpha value is -1.17. The van der Waals surface area contributed by atoms with Crippen LogP contribution in [0, 0.1) is 0 Å². The number of anilines is 1. The monoisotopic (exact) mass is 298 g/mol. The van der Waals surface area contributed by atoms with E-state index in [0.29, 0.717) is 16.2 Å². The first-order valence-electron chi connectivity index (χ1n) is 5.82. The fourth-order valence-electron chi connectivity index (χ4n) is 1.48. The lowest BCUT2D eigenvalue weighted by molar-refractivity contribution is -0.125. The summed E-state index contributed by atoms with van der Waals surface area (Å²) in [5.41, 5.74) is 2.63. The number of fused-ring (bicyclic) bond motifs is 1. The number of carbonyl (C=O) groups excluding carboxylic acids is 1. The summed E-state index contributed by atoms with van der Waals surface area (Å²) in [6, 6.07) is 3.64. The summed E-state index contributed by atoms with van der Waals surface area (Å²) in [5.74, 6) is -0.239. The Morgan fingerprint density at radius 3 is 2.89 bits per heavy atom. The Morgan fingerprint density at radius 2 is 2.21 bits per heavy atom. The summed E-state index contributed by atoms with van der Waals surface area (Å²) in [5, 5.41) is 3.23. The molecule has 0 radical (unpaired) electrons. The molecular weight excluding hydrogens is 284 g/mol. The SMILES string of the molecule is CC(C)(C)OCC(=O)Nc1c(Cl)ccc2scnc12. The van der Waals surface area contributed by atoms with Gasteiger partial charge in [0.05, 0.1) is 26.5 Å². The minimum Gasteiger partial charge on any atom is -0.366 e. The van der Waals surface area contributed by atoms with Crippen LogP contribution in [0.4, 0.5) is 5.69 Å². The fraction of sp³-hybridized carbons (Fsp3) is 0.385. The van der Waals surface area contributed by atoms with Gasteiger partial charge in [0, 0.05) is 0 Å². The molecule has 1 amide bonds. The second-order valence-corrected chi connectivity index (χ2v) is 6.36. The molecule has 0 saturated carbocycles. The highest BCUT2D eigenvalue weighted by molar-refractivity contribution is 7.16. The van der Waals surface area contributed by atoms with Crippen LogP contribution in [0.3, 0.4) is 0 Å². The number of nitrogens with zero attached hydrogens (tertiary/aromatic N) is 1. The number of ether oxygens (including phenoxy) is 1. The number of thiazole rings is 1. The maximum Gasteiger partial charge on any atom is 0.250 e. The number of halogens is 1. The molecule has 4 nitrogen and oxygen atoms in total. The second kappa shape index (κ2) is 5.45. The zero-order valence-electron chi connectivity index (χ0n) is 11.0. The van der Waals surface area contributed by atoms with Gasteiger partial charge in [0.1, 0.15) is 12.1 Å². The van der Waals surface area contributed by atoms with Crippen LogP contribution in [0.15, 0.2) is 17.6 Å². The normalized spacial score (nSPS) is 11.8. The summed E-state index contributed by atoms with van der Waals surface area (Å²) in [6.45, 7) is 5.68. The van der Waals surface area contributed by atoms with E-state index >= 15 is 0 Å². The van der Waals surface area contributed by atoms with Gasteiger partial charge in [0.25, 0.3) is 0 Å². The molecule has 1 aromatic carbocycles. The van der Waals surface area contributed by atoms with Crippen LogP contribution in [0.2, 0.25) is 5.02 Å². The summed E-state index contributed by atoms with van der Waals surface area (Å²) < 4.78 is 6.41. The Kier molecular flexibility index (Phi) is 4.08. The van der Waals surface area contributed by atoms with Gasteiger partial charge in [-0.2, -0.15) is 0 Å². The summed E-state index contributed by atoms with van der Waals surface area (Å²) in [6.07, 6.45) is 0. The third-order valence-electron chi connectivity index (χ3n) is 2.35. The highest BCUT2D eigenvalue weighted by Crippen LogP contribution is 2.32. The molecule has 2 rings (SSSR count). The number of rotatable bonds is 3. The molecule has 0 aliphatic rings. The van der Waals surface area contributed by atoms with Crippen LogP contribution in [-0.2, 0) is 9.53 Å². The molecule has 0 saturated heterocycles. The first-order valence-corrected chi connectivity index (χ1v) is 7.08. The van der Waals surface area contributed by atoms with Crippen LogP contribution >= 0.6 is 22.9 Å². The van der Waals surface area contributed by atoms with Crippen molar-refractivity contribution < 1.29 is 9.53 Å². The van der Waals surface area contributed by atoms with Crippen molar-refractivity contribution in [3.63, 3.8) is 0 Å². The van der Waals surface area contributed by atoms with Gasteiger partial charge >= 0.3 is 0 Å². The fourth-order valence-corrected chi connectivity index (χ4v) is 2.37. The Labute approximate surface area is 120 Å². The van der Waals surface area contributed by atoms with Crippen molar-refractivity contribution in [3.8, 4) is 0 Å². The van der Waals surface area contributed by atoms with Gasteiger partial charge in [0.15, 0.2) is 0 Å². The molecule has 1 heterocycles. The Morgan fingerprint density at radius 1 is 1.47 bits per heavy atom. The standard InChI is InChI=1S/C13H15ClN2O2S/c1-13(2,3)18-6-10(17)16-11-8(14)4-5-9-12(11)15-7-19-9/h4-5,7H,6H2,1-3H3,(H,16,17). The molecule has 0 aliphatic carbocycles. The summed E-state index contributed by atoms with van der Waals surface area (Å²) >= 11 is 7.61. The Bertz CT molecular complexity index is 604. The molecular formula is C13H15ClN2O2S. The van der Waals surface area contributed by atoms with Crippen molar-refractivity contribution in [1.82, 2.24) is 4.98 Å². The second-order valence-electron chi connectivity index (χ2n) is 5.07. The van der Waals surface area contributed by atoms with Crippen LogP contribution in [0.5, 0.6) is 0 Å². The van der Waals surface area contributed by atoms with Crippen molar-refractivity contribution in [2.45, 2.75) is 26.4 Å². The van der Waals surface area contributed by atoms with Gasteiger partial charge in [-0.25, -0.2) is 4.98 Å². The Balaban J connectivity index is 2.15. The number of hydrogen-bond acceptors (Lipinski definition) is 4. The smallest absolute Gasteiger partial charge is 0.250 e. The molecule has 102 valence electrons. The molecule has 0 fully saturated rings. The average Bonchev–Trinajstić information content (AvgIpc) is 2.78. The van der Waals surface area contributed by atoms with E-state index in [-0.39, 0.29) is 18.1 Å². The first kappa shape index (κ1) is 14.2. The van der Waals surface area contributed by atoms with E-state index in [4.69, 9.17) is 16.3 Å².